The number of hydrogen-bond donors (Lipinski definition) is 2. The Morgan fingerprint density at radius 1 is 1.36 bits per heavy atom. The van der Waals surface area contributed by atoms with Crippen molar-refractivity contribution in [1.29, 1.82) is 0 Å². The minimum absolute atomic E-state index is 0.0117. The molecule has 0 fully saturated rings. The van der Waals surface area contributed by atoms with Crippen molar-refractivity contribution in [3.63, 3.8) is 0 Å². The molecule has 1 aromatic rings. The molecule has 0 aliphatic carbocycles. The fourth-order valence-corrected chi connectivity index (χ4v) is 3.04. The third-order valence-corrected chi connectivity index (χ3v) is 4.15. The Kier molecular flexibility index (Phi) is 5.43. The van der Waals surface area contributed by atoms with Crippen LogP contribution in [0.25, 0.3) is 0 Å². The molecular weight excluding hydrogens is 304 g/mol. The minimum Gasteiger partial charge on any atom is -0.456 e. The second kappa shape index (κ2) is 7.31. The largest absolute Gasteiger partial charge is 0.456 e. The van der Waals surface area contributed by atoms with Crippen molar-refractivity contribution in [2.45, 2.75) is 36.5 Å². The Morgan fingerprint density at radius 3 is 2.82 bits per heavy atom. The van der Waals surface area contributed by atoms with E-state index in [0.29, 0.717) is 0 Å². The molecule has 0 saturated heterocycles. The van der Waals surface area contributed by atoms with Gasteiger partial charge in [0.25, 0.3) is 5.91 Å². The van der Waals surface area contributed by atoms with Crippen molar-refractivity contribution < 1.29 is 19.1 Å². The van der Waals surface area contributed by atoms with E-state index >= 15 is 0 Å². The van der Waals surface area contributed by atoms with Gasteiger partial charge in [-0.25, -0.2) is 0 Å². The Hall–Kier alpha value is -2.02. The Morgan fingerprint density at radius 2 is 2.09 bits per heavy atom. The molecular formula is C15H18N2O4S. The first-order chi connectivity index (χ1) is 10.5. The van der Waals surface area contributed by atoms with E-state index in [1.165, 1.54) is 11.8 Å². The SMILES string of the molecule is CC(C)NC(=O)COC(=O)C[C@@H]1Sc2ccccc2NC1=O. The molecule has 118 valence electrons. The number of amides is 2. The van der Waals surface area contributed by atoms with Crippen molar-refractivity contribution in [3.05, 3.63) is 24.3 Å². The van der Waals surface area contributed by atoms with Gasteiger partial charge in [-0.2, -0.15) is 0 Å². The summed E-state index contributed by atoms with van der Waals surface area (Å²) in [4.78, 5) is 36.0. The highest BCUT2D eigenvalue weighted by Gasteiger charge is 2.29. The summed E-state index contributed by atoms with van der Waals surface area (Å²) in [6, 6.07) is 7.39. The summed E-state index contributed by atoms with van der Waals surface area (Å²) in [6.45, 7) is 3.31. The molecule has 0 saturated carbocycles. The van der Waals surface area contributed by atoms with Crippen molar-refractivity contribution in [2.24, 2.45) is 0 Å². The number of para-hydroxylation sites is 1. The third-order valence-electron chi connectivity index (χ3n) is 2.87. The fourth-order valence-electron chi connectivity index (χ4n) is 1.95. The summed E-state index contributed by atoms with van der Waals surface area (Å²) >= 11 is 1.32. The molecule has 1 aromatic carbocycles. The highest BCUT2D eigenvalue weighted by atomic mass is 32.2. The van der Waals surface area contributed by atoms with Crippen LogP contribution in [0.3, 0.4) is 0 Å². The molecule has 6 nitrogen and oxygen atoms in total. The molecule has 1 aliphatic rings. The van der Waals surface area contributed by atoms with Crippen molar-refractivity contribution >= 4 is 35.2 Å². The van der Waals surface area contributed by atoms with E-state index in [2.05, 4.69) is 10.6 Å². The maximum absolute atomic E-state index is 12.0. The Labute approximate surface area is 133 Å². The fraction of sp³-hybridized carbons (Fsp3) is 0.400. The maximum Gasteiger partial charge on any atom is 0.307 e. The molecule has 0 radical (unpaired) electrons. The van der Waals surface area contributed by atoms with Crippen LogP contribution < -0.4 is 10.6 Å². The quantitative estimate of drug-likeness (QED) is 0.804. The number of rotatable bonds is 5. The van der Waals surface area contributed by atoms with Crippen molar-refractivity contribution in [1.82, 2.24) is 5.32 Å². The molecule has 2 N–H and O–H groups in total. The monoisotopic (exact) mass is 322 g/mol. The van der Waals surface area contributed by atoms with Gasteiger partial charge >= 0.3 is 5.97 Å². The molecule has 0 spiro atoms. The zero-order valence-corrected chi connectivity index (χ0v) is 13.2. The third kappa shape index (κ3) is 4.49. The van der Waals surface area contributed by atoms with Crippen LogP contribution in [0.5, 0.6) is 0 Å². The molecule has 7 heteroatoms. The predicted molar refractivity (Wildman–Crippen MR) is 83.6 cm³/mol. The first kappa shape index (κ1) is 16.4. The average molecular weight is 322 g/mol. The Bertz CT molecular complexity index is 589. The number of benzene rings is 1. The van der Waals surface area contributed by atoms with E-state index < -0.39 is 11.2 Å². The van der Waals surface area contributed by atoms with E-state index in [4.69, 9.17) is 4.74 Å². The van der Waals surface area contributed by atoms with Gasteiger partial charge in [0.15, 0.2) is 6.61 Å². The van der Waals surface area contributed by atoms with Gasteiger partial charge in [0.1, 0.15) is 0 Å². The van der Waals surface area contributed by atoms with E-state index in [1.54, 1.807) is 0 Å². The number of ether oxygens (including phenoxy) is 1. The normalized spacial score (nSPS) is 16.7. The standard InChI is InChI=1S/C15H18N2O4S/c1-9(2)16-13(18)8-21-14(19)7-12-15(20)17-10-5-3-4-6-11(10)22-12/h3-6,9,12H,7-8H2,1-2H3,(H,16,18)(H,17,20)/t12-/m0/s1. The lowest BCUT2D eigenvalue weighted by molar-refractivity contribution is -0.149. The number of esters is 1. The number of carbonyl (C=O) groups is 3. The average Bonchev–Trinajstić information content (AvgIpc) is 2.45. The van der Waals surface area contributed by atoms with Gasteiger partial charge in [0, 0.05) is 10.9 Å². The van der Waals surface area contributed by atoms with E-state index in [9.17, 15) is 14.4 Å². The van der Waals surface area contributed by atoms with Crippen molar-refractivity contribution in [3.8, 4) is 0 Å². The number of nitrogens with one attached hydrogen (secondary N) is 2. The van der Waals surface area contributed by atoms with E-state index in [0.717, 1.165) is 10.6 Å². The molecule has 1 heterocycles. The van der Waals surface area contributed by atoms with Crippen LogP contribution in [0.4, 0.5) is 5.69 Å². The van der Waals surface area contributed by atoms with Gasteiger partial charge in [-0.3, -0.25) is 14.4 Å². The van der Waals surface area contributed by atoms with Gasteiger partial charge in [-0.1, -0.05) is 12.1 Å². The number of thioether (sulfide) groups is 1. The molecule has 2 amide bonds. The topological polar surface area (TPSA) is 84.5 Å². The van der Waals surface area contributed by atoms with Crippen LogP contribution in [0.1, 0.15) is 20.3 Å². The van der Waals surface area contributed by atoms with Gasteiger partial charge in [-0.05, 0) is 26.0 Å². The molecule has 1 aliphatic heterocycles. The predicted octanol–water partition coefficient (Wildman–Crippen LogP) is 1.56. The Balaban J connectivity index is 1.85. The molecule has 0 aromatic heterocycles. The minimum atomic E-state index is -0.564. The van der Waals surface area contributed by atoms with Gasteiger partial charge < -0.3 is 15.4 Å². The first-order valence-electron chi connectivity index (χ1n) is 6.97. The van der Waals surface area contributed by atoms with E-state index in [1.807, 2.05) is 38.1 Å². The number of fused-ring (bicyclic) bond motifs is 1. The maximum atomic E-state index is 12.0. The lowest BCUT2D eigenvalue weighted by Crippen LogP contribution is -2.35. The van der Waals surface area contributed by atoms with E-state index in [-0.39, 0.29) is 30.9 Å². The second-order valence-corrected chi connectivity index (χ2v) is 6.42. The number of anilines is 1. The smallest absolute Gasteiger partial charge is 0.307 e. The van der Waals surface area contributed by atoms with Crippen LogP contribution in [0, 0.1) is 0 Å². The zero-order valence-electron chi connectivity index (χ0n) is 12.4. The summed E-state index contributed by atoms with van der Waals surface area (Å²) < 4.78 is 4.90. The molecule has 0 unspecified atom stereocenters. The number of hydrogen-bond acceptors (Lipinski definition) is 5. The molecule has 1 atom stereocenters. The van der Waals surface area contributed by atoms with Crippen LogP contribution in [-0.4, -0.2) is 35.7 Å². The summed E-state index contributed by atoms with van der Waals surface area (Å²) in [5.74, 6) is -1.15. The van der Waals surface area contributed by atoms with Gasteiger partial charge in [0.2, 0.25) is 5.91 Å². The highest BCUT2D eigenvalue weighted by molar-refractivity contribution is 8.01. The summed E-state index contributed by atoms with van der Waals surface area (Å²) in [6.07, 6.45) is -0.0696. The lowest BCUT2D eigenvalue weighted by Gasteiger charge is -2.23. The molecule has 2 rings (SSSR count). The van der Waals surface area contributed by atoms with Crippen molar-refractivity contribution in [2.75, 3.05) is 11.9 Å². The molecule has 22 heavy (non-hydrogen) atoms. The summed E-state index contributed by atoms with van der Waals surface area (Å²) in [5.41, 5.74) is 0.749. The van der Waals surface area contributed by atoms with Gasteiger partial charge in [-0.15, -0.1) is 11.8 Å². The van der Waals surface area contributed by atoms with Crippen LogP contribution in [0.2, 0.25) is 0 Å². The van der Waals surface area contributed by atoms with Gasteiger partial charge in [0.05, 0.1) is 17.4 Å². The highest BCUT2D eigenvalue weighted by Crippen LogP contribution is 2.36. The van der Waals surface area contributed by atoms with Crippen LogP contribution in [0.15, 0.2) is 29.2 Å². The first-order valence-corrected chi connectivity index (χ1v) is 7.85. The second-order valence-electron chi connectivity index (χ2n) is 5.18. The van der Waals surface area contributed by atoms with Crippen LogP contribution >= 0.6 is 11.8 Å². The summed E-state index contributed by atoms with van der Waals surface area (Å²) in [5, 5.41) is 4.84. The zero-order chi connectivity index (χ0) is 16.1. The lowest BCUT2D eigenvalue weighted by atomic mass is 10.2. The number of carbonyl (C=O) groups excluding carboxylic acids is 3. The summed E-state index contributed by atoms with van der Waals surface area (Å²) in [7, 11) is 0. The van der Waals surface area contributed by atoms with Crippen LogP contribution in [-0.2, 0) is 19.1 Å². The molecule has 0 bridgehead atoms.